The second kappa shape index (κ2) is 14.4. The van der Waals surface area contributed by atoms with Crippen LogP contribution in [0.4, 0.5) is 9.59 Å². The zero-order valence-corrected chi connectivity index (χ0v) is 19.6. The van der Waals surface area contributed by atoms with Gasteiger partial charge in [0.05, 0.1) is 0 Å². The van der Waals surface area contributed by atoms with Crippen LogP contribution in [0.25, 0.3) is 0 Å². The lowest BCUT2D eigenvalue weighted by Crippen LogP contribution is -2.55. The van der Waals surface area contributed by atoms with Crippen LogP contribution in [0.15, 0.2) is 60.7 Å². The smallest absolute Gasteiger partial charge is 0.420 e. The minimum Gasteiger partial charge on any atom is -0.480 e. The van der Waals surface area contributed by atoms with Crippen LogP contribution in [0.1, 0.15) is 37.3 Å². The van der Waals surface area contributed by atoms with Gasteiger partial charge in [0.25, 0.3) is 0 Å². The summed E-state index contributed by atoms with van der Waals surface area (Å²) in [5, 5.41) is 11.5. The van der Waals surface area contributed by atoms with Crippen molar-refractivity contribution in [2.45, 2.75) is 51.5 Å². The van der Waals surface area contributed by atoms with Gasteiger partial charge in [-0.3, -0.25) is 9.59 Å². The lowest BCUT2D eigenvalue weighted by molar-refractivity contribution is -0.142. The van der Waals surface area contributed by atoms with E-state index in [-0.39, 0.29) is 19.6 Å². The molecule has 0 spiro atoms. The topological polar surface area (TPSA) is 148 Å². The van der Waals surface area contributed by atoms with E-state index >= 15 is 0 Å². The highest BCUT2D eigenvalue weighted by Crippen LogP contribution is 2.16. The van der Waals surface area contributed by atoms with Crippen LogP contribution in [0, 0.1) is 0 Å². The summed E-state index contributed by atoms with van der Waals surface area (Å²) in [5.74, 6) is -2.07. The fourth-order valence-corrected chi connectivity index (χ4v) is 3.14. The second-order valence-electron chi connectivity index (χ2n) is 7.82. The molecule has 2 rings (SSSR count). The molecule has 188 valence electrons. The quantitative estimate of drug-likeness (QED) is 0.389. The van der Waals surface area contributed by atoms with Crippen molar-refractivity contribution in [1.82, 2.24) is 10.2 Å². The Bertz CT molecular complexity index is 914. The molecular formula is C25H31N3O7. The van der Waals surface area contributed by atoms with Crippen LogP contribution >= 0.6 is 0 Å². The average molecular weight is 486 g/mol. The van der Waals surface area contributed by atoms with Gasteiger partial charge >= 0.3 is 18.2 Å². The number of hydrogen-bond donors (Lipinski definition) is 3. The highest BCUT2D eigenvalue weighted by atomic mass is 16.6. The molecule has 4 N–H and O–H groups in total. The van der Waals surface area contributed by atoms with Gasteiger partial charge in [0.2, 0.25) is 5.91 Å². The standard InChI is InChI=1S/C25H31N3O7/c1-18(23(30)31)27-22(29)21(14-8-9-15-26)28(24(32)34-16-19-10-4-2-5-11-19)25(33)35-17-20-12-6-3-7-13-20/h2-7,10-13,18,21H,8-9,14-17,26H2,1H3,(H,27,29)(H,30,31)/t18-,21+/m0/s1. The van der Waals surface area contributed by atoms with Crippen LogP contribution in [-0.2, 0) is 32.3 Å². The van der Waals surface area contributed by atoms with Crippen LogP contribution in [0.5, 0.6) is 0 Å². The molecule has 0 bridgehead atoms. The number of carboxylic acids is 1. The minimum atomic E-state index is -1.35. The number of rotatable bonds is 12. The Morgan fingerprint density at radius 1 is 0.886 bits per heavy atom. The van der Waals surface area contributed by atoms with E-state index in [1.54, 1.807) is 60.7 Å². The van der Waals surface area contributed by atoms with Gasteiger partial charge in [-0.05, 0) is 43.9 Å². The van der Waals surface area contributed by atoms with E-state index in [0.29, 0.717) is 35.4 Å². The lowest BCUT2D eigenvalue weighted by atomic mass is 10.1. The summed E-state index contributed by atoms with van der Waals surface area (Å²) in [7, 11) is 0. The van der Waals surface area contributed by atoms with Crippen molar-refractivity contribution >= 4 is 24.1 Å². The van der Waals surface area contributed by atoms with E-state index in [1.807, 2.05) is 0 Å². The number of carbonyl (C=O) groups is 4. The summed E-state index contributed by atoms with van der Waals surface area (Å²) in [6.07, 6.45) is -1.17. The number of unbranched alkanes of at least 4 members (excludes halogenated alkanes) is 1. The number of carbonyl (C=O) groups excluding carboxylic acids is 3. The molecule has 0 saturated heterocycles. The zero-order chi connectivity index (χ0) is 25.6. The number of amides is 3. The fourth-order valence-electron chi connectivity index (χ4n) is 3.14. The van der Waals surface area contributed by atoms with Crippen molar-refractivity contribution in [2.24, 2.45) is 5.73 Å². The molecule has 0 radical (unpaired) electrons. The number of ether oxygens (including phenoxy) is 2. The summed E-state index contributed by atoms with van der Waals surface area (Å²) in [5.41, 5.74) is 6.92. The largest absolute Gasteiger partial charge is 0.480 e. The molecule has 3 amide bonds. The van der Waals surface area contributed by atoms with E-state index in [2.05, 4.69) is 5.32 Å². The number of carboxylic acid groups (broad SMARTS) is 1. The van der Waals surface area contributed by atoms with E-state index in [0.717, 1.165) is 0 Å². The molecule has 0 saturated carbocycles. The Morgan fingerprint density at radius 3 is 1.80 bits per heavy atom. The second-order valence-corrected chi connectivity index (χ2v) is 7.82. The minimum absolute atomic E-state index is 0.0518. The highest BCUT2D eigenvalue weighted by molar-refractivity contribution is 5.96. The zero-order valence-electron chi connectivity index (χ0n) is 19.6. The monoisotopic (exact) mass is 485 g/mol. The van der Waals surface area contributed by atoms with E-state index in [9.17, 15) is 24.3 Å². The molecule has 0 aliphatic carbocycles. The molecule has 0 fully saturated rings. The molecule has 0 aliphatic rings. The maximum absolute atomic E-state index is 13.0. The predicted octanol–water partition coefficient (Wildman–Crippen LogP) is 3.05. The van der Waals surface area contributed by atoms with Gasteiger partial charge in [0, 0.05) is 0 Å². The molecule has 0 aliphatic heterocycles. The first-order chi connectivity index (χ1) is 16.8. The SMILES string of the molecule is C[C@H](NC(=O)[C@@H](CCCCN)N(C(=O)OCc1ccccc1)C(=O)OCc1ccccc1)C(=O)O. The molecule has 10 nitrogen and oxygen atoms in total. The van der Waals surface area contributed by atoms with Gasteiger partial charge in [0.15, 0.2) is 0 Å². The summed E-state index contributed by atoms with van der Waals surface area (Å²) >= 11 is 0. The first-order valence-electron chi connectivity index (χ1n) is 11.3. The van der Waals surface area contributed by atoms with E-state index in [1.165, 1.54) is 6.92 Å². The third-order valence-electron chi connectivity index (χ3n) is 5.08. The van der Waals surface area contributed by atoms with Gasteiger partial charge in [0.1, 0.15) is 25.3 Å². The summed E-state index contributed by atoms with van der Waals surface area (Å²) < 4.78 is 10.6. The third-order valence-corrected chi connectivity index (χ3v) is 5.08. The van der Waals surface area contributed by atoms with Crippen LogP contribution in [0.3, 0.4) is 0 Å². The Balaban J connectivity index is 2.26. The maximum atomic E-state index is 13.0. The van der Waals surface area contributed by atoms with Crippen molar-refractivity contribution in [3.63, 3.8) is 0 Å². The maximum Gasteiger partial charge on any atom is 0.420 e. The third kappa shape index (κ3) is 9.09. The molecular weight excluding hydrogens is 454 g/mol. The van der Waals surface area contributed by atoms with Gasteiger partial charge < -0.3 is 25.6 Å². The fraction of sp³-hybridized carbons (Fsp3) is 0.360. The van der Waals surface area contributed by atoms with E-state index in [4.69, 9.17) is 15.2 Å². The lowest BCUT2D eigenvalue weighted by Gasteiger charge is -2.28. The molecule has 2 atom stereocenters. The highest BCUT2D eigenvalue weighted by Gasteiger charge is 2.38. The van der Waals surface area contributed by atoms with Crippen LogP contribution < -0.4 is 11.1 Å². The number of nitrogens with one attached hydrogen (secondary N) is 1. The molecule has 35 heavy (non-hydrogen) atoms. The Morgan fingerprint density at radius 2 is 1.37 bits per heavy atom. The number of nitrogens with two attached hydrogens (primary N) is 1. The van der Waals surface area contributed by atoms with Crippen LogP contribution in [-0.4, -0.2) is 52.7 Å². The number of nitrogens with zero attached hydrogens (tertiary/aromatic N) is 1. The Kier molecular flexibility index (Phi) is 11.2. The molecule has 0 unspecified atom stereocenters. The molecule has 10 heteroatoms. The van der Waals surface area contributed by atoms with Crippen molar-refractivity contribution in [3.8, 4) is 0 Å². The number of imide groups is 1. The van der Waals surface area contributed by atoms with Gasteiger partial charge in [-0.25, -0.2) is 9.59 Å². The number of hydrogen-bond acceptors (Lipinski definition) is 7. The normalized spacial score (nSPS) is 12.2. The molecule has 2 aromatic carbocycles. The summed E-state index contributed by atoms with van der Waals surface area (Å²) in [6.45, 7) is 1.36. The number of benzene rings is 2. The van der Waals surface area contributed by atoms with Crippen molar-refractivity contribution in [2.75, 3.05) is 6.54 Å². The molecule has 0 aromatic heterocycles. The summed E-state index contributed by atoms with van der Waals surface area (Å²) in [4.78, 5) is 50.9. The Labute approximate surface area is 204 Å². The molecule has 2 aromatic rings. The summed E-state index contributed by atoms with van der Waals surface area (Å²) in [6, 6.07) is 15.1. The average Bonchev–Trinajstić information content (AvgIpc) is 2.86. The molecule has 0 heterocycles. The van der Waals surface area contributed by atoms with Crippen molar-refractivity contribution in [1.29, 1.82) is 0 Å². The van der Waals surface area contributed by atoms with Crippen molar-refractivity contribution in [3.05, 3.63) is 71.8 Å². The van der Waals surface area contributed by atoms with Crippen LogP contribution in [0.2, 0.25) is 0 Å². The van der Waals surface area contributed by atoms with Gasteiger partial charge in [-0.1, -0.05) is 60.7 Å². The van der Waals surface area contributed by atoms with Gasteiger partial charge in [-0.15, -0.1) is 0 Å². The van der Waals surface area contributed by atoms with E-state index < -0.39 is 36.1 Å². The predicted molar refractivity (Wildman–Crippen MR) is 127 cm³/mol. The number of aliphatic carboxylic acids is 1. The van der Waals surface area contributed by atoms with Gasteiger partial charge in [-0.2, -0.15) is 4.90 Å². The Hall–Kier alpha value is -3.92. The van der Waals surface area contributed by atoms with Crippen molar-refractivity contribution < 1.29 is 33.8 Å². The first-order valence-corrected chi connectivity index (χ1v) is 11.3. The first kappa shape index (κ1) is 27.3.